The van der Waals surface area contributed by atoms with Crippen molar-refractivity contribution in [1.29, 1.82) is 0 Å². The predicted octanol–water partition coefficient (Wildman–Crippen LogP) is -0.325. The van der Waals surface area contributed by atoms with Crippen LogP contribution in [0.4, 0.5) is 0 Å². The fourth-order valence-electron chi connectivity index (χ4n) is 1.05. The Bertz CT molecular complexity index is 258. The molecule has 0 aliphatic rings. The summed E-state index contributed by atoms with van der Waals surface area (Å²) in [5.74, 6) is -1.01. The van der Waals surface area contributed by atoms with Crippen molar-refractivity contribution in [3.8, 4) is 0 Å². The molecule has 0 aliphatic heterocycles. The fraction of sp³-hybridized carbons (Fsp3) is 0.333. The lowest BCUT2D eigenvalue weighted by Crippen LogP contribution is -2.40. The van der Waals surface area contributed by atoms with Crippen LogP contribution in [0.2, 0.25) is 0 Å². The van der Waals surface area contributed by atoms with Crippen molar-refractivity contribution >= 4 is 5.97 Å². The molecule has 1 rings (SSSR count). The van der Waals surface area contributed by atoms with Crippen LogP contribution in [0.15, 0.2) is 30.6 Å². The first-order chi connectivity index (χ1) is 5.70. The summed E-state index contributed by atoms with van der Waals surface area (Å²) < 4.78 is 1.84. The van der Waals surface area contributed by atoms with E-state index in [0.29, 0.717) is 0 Å². The monoisotopic (exact) mass is 165 g/mol. The van der Waals surface area contributed by atoms with Crippen LogP contribution in [0.3, 0.4) is 0 Å². The number of carboxylic acid groups (broad SMARTS) is 1. The molecule has 3 heteroatoms. The van der Waals surface area contributed by atoms with Gasteiger partial charge in [0.2, 0.25) is 0 Å². The van der Waals surface area contributed by atoms with Gasteiger partial charge in [-0.2, -0.15) is 0 Å². The van der Waals surface area contributed by atoms with E-state index in [2.05, 4.69) is 0 Å². The average Bonchev–Trinajstić information content (AvgIpc) is 2.05. The number of carbonyl (C=O) groups is 1. The highest BCUT2D eigenvalue weighted by molar-refractivity contribution is 5.64. The van der Waals surface area contributed by atoms with E-state index >= 15 is 0 Å². The van der Waals surface area contributed by atoms with Gasteiger partial charge in [0, 0.05) is 24.5 Å². The van der Waals surface area contributed by atoms with Crippen LogP contribution in [0.25, 0.3) is 0 Å². The highest BCUT2D eigenvalue weighted by Gasteiger charge is 2.10. The number of aliphatic carboxylic acids is 1. The van der Waals surface area contributed by atoms with Crippen molar-refractivity contribution in [3.63, 3.8) is 0 Å². The molecule has 3 nitrogen and oxygen atoms in total. The number of carboxylic acids is 1. The lowest BCUT2D eigenvalue weighted by molar-refractivity contribution is -0.719. The van der Waals surface area contributed by atoms with E-state index in [1.807, 2.05) is 42.1 Å². The maximum atomic E-state index is 10.3. The van der Waals surface area contributed by atoms with E-state index in [1.54, 1.807) is 0 Å². The Morgan fingerprint density at radius 2 is 2.00 bits per heavy atom. The molecule has 1 aromatic rings. The molecule has 0 bridgehead atoms. The van der Waals surface area contributed by atoms with Gasteiger partial charge in [-0.15, -0.1) is 0 Å². The Balaban J connectivity index is 2.65. The van der Waals surface area contributed by atoms with E-state index in [0.717, 1.165) is 0 Å². The second-order valence-electron chi connectivity index (χ2n) is 2.75. The molecule has 0 radical (unpaired) electrons. The van der Waals surface area contributed by atoms with E-state index in [-0.39, 0.29) is 12.5 Å². The van der Waals surface area contributed by atoms with Gasteiger partial charge < -0.3 is 9.90 Å². The van der Waals surface area contributed by atoms with Gasteiger partial charge in [0.1, 0.15) is 0 Å². The van der Waals surface area contributed by atoms with Crippen molar-refractivity contribution in [1.82, 2.24) is 0 Å². The van der Waals surface area contributed by atoms with Gasteiger partial charge in [-0.3, -0.25) is 0 Å². The smallest absolute Gasteiger partial charge is 0.169 e. The second-order valence-corrected chi connectivity index (χ2v) is 2.75. The van der Waals surface area contributed by atoms with Gasteiger partial charge in [0.05, 0.1) is 0 Å². The lowest BCUT2D eigenvalue weighted by atomic mass is 10.2. The number of hydrogen-bond donors (Lipinski definition) is 0. The summed E-state index contributed by atoms with van der Waals surface area (Å²) in [4.78, 5) is 10.3. The maximum absolute atomic E-state index is 10.3. The van der Waals surface area contributed by atoms with E-state index in [9.17, 15) is 9.90 Å². The van der Waals surface area contributed by atoms with Gasteiger partial charge in [0.25, 0.3) is 0 Å². The zero-order valence-corrected chi connectivity index (χ0v) is 6.93. The minimum atomic E-state index is -1.01. The summed E-state index contributed by atoms with van der Waals surface area (Å²) >= 11 is 0. The molecule has 1 aromatic heterocycles. The summed E-state index contributed by atoms with van der Waals surface area (Å²) in [6, 6.07) is 5.58. The Morgan fingerprint density at radius 3 is 2.50 bits per heavy atom. The van der Waals surface area contributed by atoms with Crippen molar-refractivity contribution in [2.45, 2.75) is 19.4 Å². The average molecular weight is 165 g/mol. The van der Waals surface area contributed by atoms with Crippen LogP contribution in [-0.2, 0) is 4.79 Å². The highest BCUT2D eigenvalue weighted by atomic mass is 16.4. The van der Waals surface area contributed by atoms with Crippen molar-refractivity contribution in [2.75, 3.05) is 0 Å². The molecule has 0 N–H and O–H groups in total. The number of pyridine rings is 1. The van der Waals surface area contributed by atoms with Gasteiger partial charge in [-0.25, -0.2) is 4.57 Å². The molecule has 1 atom stereocenters. The Labute approximate surface area is 71.3 Å². The van der Waals surface area contributed by atoms with Gasteiger partial charge in [-0.05, 0) is 6.92 Å². The van der Waals surface area contributed by atoms with E-state index in [1.165, 1.54) is 0 Å². The van der Waals surface area contributed by atoms with Crippen molar-refractivity contribution < 1.29 is 14.5 Å². The van der Waals surface area contributed by atoms with E-state index < -0.39 is 5.97 Å². The number of carbonyl (C=O) groups excluding carboxylic acids is 1. The quantitative estimate of drug-likeness (QED) is 0.576. The molecule has 0 amide bonds. The minimum Gasteiger partial charge on any atom is -0.550 e. The maximum Gasteiger partial charge on any atom is 0.169 e. The molecule has 1 unspecified atom stereocenters. The van der Waals surface area contributed by atoms with Crippen LogP contribution >= 0.6 is 0 Å². The zero-order chi connectivity index (χ0) is 8.97. The van der Waals surface area contributed by atoms with Crippen LogP contribution in [0.1, 0.15) is 19.4 Å². The summed E-state index contributed by atoms with van der Waals surface area (Å²) in [6.45, 7) is 1.84. The zero-order valence-electron chi connectivity index (χ0n) is 6.93. The Kier molecular flexibility index (Phi) is 2.80. The number of hydrogen-bond acceptors (Lipinski definition) is 2. The summed E-state index contributed by atoms with van der Waals surface area (Å²) in [5, 5.41) is 10.3. The predicted molar refractivity (Wildman–Crippen MR) is 41.0 cm³/mol. The van der Waals surface area contributed by atoms with Crippen LogP contribution in [0, 0.1) is 0 Å². The van der Waals surface area contributed by atoms with Gasteiger partial charge in [0.15, 0.2) is 18.4 Å². The van der Waals surface area contributed by atoms with E-state index in [4.69, 9.17) is 0 Å². The standard InChI is InChI=1S/C9H11NO2/c1-8(7-9(11)12)10-5-3-2-4-6-10/h2-6,8H,7H2,1H3. The number of rotatable bonds is 3. The third-order valence-electron chi connectivity index (χ3n) is 1.71. The first kappa shape index (κ1) is 8.71. The van der Waals surface area contributed by atoms with Crippen molar-refractivity contribution in [2.24, 2.45) is 0 Å². The molecule has 0 saturated carbocycles. The van der Waals surface area contributed by atoms with Gasteiger partial charge >= 0.3 is 0 Å². The molecule has 0 saturated heterocycles. The topological polar surface area (TPSA) is 44.0 Å². The molecular formula is C9H11NO2. The minimum absolute atomic E-state index is 0.0452. The molecule has 64 valence electrons. The molecular weight excluding hydrogens is 154 g/mol. The fourth-order valence-corrected chi connectivity index (χ4v) is 1.05. The molecule has 12 heavy (non-hydrogen) atoms. The Morgan fingerprint density at radius 1 is 1.42 bits per heavy atom. The molecule has 1 heterocycles. The molecule has 0 aliphatic carbocycles. The summed E-state index contributed by atoms with van der Waals surface area (Å²) in [6.07, 6.45) is 3.73. The third-order valence-corrected chi connectivity index (χ3v) is 1.71. The van der Waals surface area contributed by atoms with Crippen LogP contribution < -0.4 is 9.67 Å². The third kappa shape index (κ3) is 2.34. The molecule has 0 spiro atoms. The summed E-state index contributed by atoms with van der Waals surface area (Å²) in [5.41, 5.74) is 0. The largest absolute Gasteiger partial charge is 0.550 e. The molecule has 0 aromatic carbocycles. The first-order valence-electron chi connectivity index (χ1n) is 3.86. The lowest BCUT2D eigenvalue weighted by Gasteiger charge is -2.06. The Hall–Kier alpha value is -1.38. The van der Waals surface area contributed by atoms with Gasteiger partial charge in [-0.1, -0.05) is 6.07 Å². The second kappa shape index (κ2) is 3.85. The number of nitrogens with zero attached hydrogens (tertiary/aromatic N) is 1. The molecule has 0 fully saturated rings. The van der Waals surface area contributed by atoms with Crippen LogP contribution in [0.5, 0.6) is 0 Å². The highest BCUT2D eigenvalue weighted by Crippen LogP contribution is 1.98. The normalized spacial score (nSPS) is 12.4. The van der Waals surface area contributed by atoms with Crippen LogP contribution in [-0.4, -0.2) is 5.97 Å². The van der Waals surface area contributed by atoms with Crippen molar-refractivity contribution in [3.05, 3.63) is 30.6 Å². The summed E-state index contributed by atoms with van der Waals surface area (Å²) in [7, 11) is 0. The SMILES string of the molecule is CC(CC(=O)[O-])[n+]1ccccc1. The first-order valence-corrected chi connectivity index (χ1v) is 3.86. The number of aromatic nitrogens is 1.